The number of nitriles is 1. The van der Waals surface area contributed by atoms with E-state index in [2.05, 4.69) is 28.2 Å². The fourth-order valence-electron chi connectivity index (χ4n) is 6.91. The van der Waals surface area contributed by atoms with Gasteiger partial charge >= 0.3 is 0 Å². The number of carbonyl (C=O) groups is 5. The molecule has 0 fully saturated rings. The largest absolute Gasteiger partial charge is 0.507 e. The molecule has 15 nitrogen and oxygen atoms in total. The minimum atomic E-state index is -1.55. The van der Waals surface area contributed by atoms with Crippen molar-refractivity contribution in [3.63, 3.8) is 0 Å². The van der Waals surface area contributed by atoms with Gasteiger partial charge in [0, 0.05) is 29.7 Å². The molecule has 0 saturated carbocycles. The Balaban J connectivity index is 1.76. The van der Waals surface area contributed by atoms with Gasteiger partial charge in [-0.25, -0.2) is 0 Å². The van der Waals surface area contributed by atoms with Crippen molar-refractivity contribution in [2.45, 2.75) is 89.9 Å². The molecule has 4 bridgehead atoms. The van der Waals surface area contributed by atoms with Crippen LogP contribution in [0.25, 0.3) is 11.1 Å². The summed E-state index contributed by atoms with van der Waals surface area (Å²) in [5.41, 5.74) is 8.93. The number of phenolic OH excluding ortho intramolecular Hbond substituents is 2. The molecule has 0 saturated heterocycles. The molecule has 57 heavy (non-hydrogen) atoms. The Kier molecular flexibility index (Phi) is 16.0. The molecule has 4 atom stereocenters. The first-order chi connectivity index (χ1) is 27.3. The van der Waals surface area contributed by atoms with Crippen molar-refractivity contribution >= 4 is 29.5 Å². The highest BCUT2D eigenvalue weighted by atomic mass is 16.3. The fraction of sp³-hybridized carbons (Fsp3) is 0.429. The van der Waals surface area contributed by atoms with Gasteiger partial charge in [0.1, 0.15) is 42.2 Å². The standard InChI is InChI=1S/C42H53N7O8/c1-4-5-6-7-8-27-9-12-30(25(2)21-27)39(54)47-33(15-16-43)42(57)49(19-20-50)37-29-11-14-36(52)32(24-29)31-22-28(10-13-35(31)51)23-34(40(55)45-18-17-44)48-38(53)26(3)46-41(37)56/h9-14,21-22,24,26,33-34,37,50-52H,4-8,15-16,18-20,23,43H2,1-3H3,(H,45,55)(H,46,56)(H,47,54)(H,48,53)/t26-,33-,34-,37-/m0/s1. The number of nitrogens with one attached hydrogen (secondary N) is 4. The highest BCUT2D eigenvalue weighted by molar-refractivity contribution is 6.00. The van der Waals surface area contributed by atoms with E-state index in [4.69, 9.17) is 11.0 Å². The Labute approximate surface area is 332 Å². The first-order valence-corrected chi connectivity index (χ1v) is 19.3. The number of aryl methyl sites for hydroxylation is 2. The number of nitrogens with zero attached hydrogens (tertiary/aromatic N) is 2. The number of nitrogens with two attached hydrogens (primary N) is 1. The quantitative estimate of drug-likeness (QED) is 0.0826. The molecule has 0 unspecified atom stereocenters. The van der Waals surface area contributed by atoms with E-state index in [1.165, 1.54) is 43.3 Å². The number of rotatable bonds is 15. The van der Waals surface area contributed by atoms with E-state index in [0.29, 0.717) is 11.1 Å². The summed E-state index contributed by atoms with van der Waals surface area (Å²) in [4.78, 5) is 70.3. The molecule has 304 valence electrons. The summed E-state index contributed by atoms with van der Waals surface area (Å²) in [6, 6.07) is 10.6. The van der Waals surface area contributed by atoms with Crippen LogP contribution in [0.5, 0.6) is 11.5 Å². The Morgan fingerprint density at radius 1 is 0.982 bits per heavy atom. The van der Waals surface area contributed by atoms with Gasteiger partial charge in [-0.2, -0.15) is 5.26 Å². The highest BCUT2D eigenvalue weighted by Crippen LogP contribution is 2.39. The molecular weight excluding hydrogens is 731 g/mol. The third-order valence-electron chi connectivity index (χ3n) is 9.95. The third kappa shape index (κ3) is 11.3. The van der Waals surface area contributed by atoms with E-state index >= 15 is 0 Å². The topological polar surface area (TPSA) is 247 Å². The van der Waals surface area contributed by atoms with Crippen LogP contribution in [-0.4, -0.2) is 94.1 Å². The number of hydrogen-bond acceptors (Lipinski definition) is 10. The van der Waals surface area contributed by atoms with E-state index in [-0.39, 0.29) is 54.1 Å². The second-order valence-corrected chi connectivity index (χ2v) is 14.2. The van der Waals surface area contributed by atoms with Gasteiger partial charge in [-0.1, -0.05) is 50.5 Å². The molecule has 15 heteroatoms. The van der Waals surface area contributed by atoms with Crippen molar-refractivity contribution < 1.29 is 39.3 Å². The number of hydrogen-bond donors (Lipinski definition) is 8. The number of phenols is 2. The Morgan fingerprint density at radius 3 is 2.37 bits per heavy atom. The fourth-order valence-corrected chi connectivity index (χ4v) is 6.91. The average molecular weight is 784 g/mol. The van der Waals surface area contributed by atoms with Crippen LogP contribution in [0.4, 0.5) is 0 Å². The van der Waals surface area contributed by atoms with E-state index < -0.39 is 66.9 Å². The second-order valence-electron chi connectivity index (χ2n) is 14.2. The van der Waals surface area contributed by atoms with Crippen LogP contribution in [0.3, 0.4) is 0 Å². The SMILES string of the molecule is CCCCCCc1ccc(C(=O)N[C@@H](CCN)C(=O)N(CCO)[C@@H]2C(=O)N[C@@H](C)C(=O)N[C@H](C(=O)NCC#N)Cc3ccc(O)c(c3)-c3cc2ccc3O)c(C)c1. The molecule has 1 aliphatic heterocycles. The zero-order valence-corrected chi connectivity index (χ0v) is 32.6. The highest BCUT2D eigenvalue weighted by Gasteiger charge is 2.37. The first-order valence-electron chi connectivity index (χ1n) is 19.3. The number of carbonyl (C=O) groups excluding carboxylic acids is 5. The summed E-state index contributed by atoms with van der Waals surface area (Å²) in [6.07, 6.45) is 5.19. The molecule has 0 aliphatic carbocycles. The van der Waals surface area contributed by atoms with E-state index in [1.807, 2.05) is 25.1 Å². The lowest BCUT2D eigenvalue weighted by Crippen LogP contribution is -2.57. The van der Waals surface area contributed by atoms with E-state index in [0.717, 1.165) is 48.1 Å². The summed E-state index contributed by atoms with van der Waals surface area (Å²) >= 11 is 0. The monoisotopic (exact) mass is 783 g/mol. The van der Waals surface area contributed by atoms with Gasteiger partial charge in [0.05, 0.1) is 12.7 Å². The molecule has 0 radical (unpaired) electrons. The van der Waals surface area contributed by atoms with Gasteiger partial charge in [-0.3, -0.25) is 24.0 Å². The Hall–Kier alpha value is -5.98. The number of amides is 5. The van der Waals surface area contributed by atoms with Crippen molar-refractivity contribution in [2.75, 3.05) is 26.2 Å². The minimum absolute atomic E-state index is 0.0184. The average Bonchev–Trinajstić information content (AvgIpc) is 3.18. The van der Waals surface area contributed by atoms with Gasteiger partial charge in [-0.05, 0) is 92.2 Å². The molecule has 0 spiro atoms. The van der Waals surface area contributed by atoms with Gasteiger partial charge in [-0.15, -0.1) is 0 Å². The van der Waals surface area contributed by atoms with Crippen molar-refractivity contribution in [2.24, 2.45) is 5.73 Å². The molecule has 3 aromatic rings. The predicted octanol–water partition coefficient (Wildman–Crippen LogP) is 2.39. The molecule has 4 rings (SSSR count). The van der Waals surface area contributed by atoms with Crippen LogP contribution >= 0.6 is 0 Å². The zero-order valence-electron chi connectivity index (χ0n) is 32.6. The maximum Gasteiger partial charge on any atom is 0.252 e. The summed E-state index contributed by atoms with van der Waals surface area (Å²) in [7, 11) is 0. The van der Waals surface area contributed by atoms with Gasteiger partial charge in [0.25, 0.3) is 5.91 Å². The first kappa shape index (κ1) is 43.7. The van der Waals surface area contributed by atoms with Crippen LogP contribution in [0.15, 0.2) is 54.6 Å². The summed E-state index contributed by atoms with van der Waals surface area (Å²) in [5.74, 6) is -4.10. The third-order valence-corrected chi connectivity index (χ3v) is 9.95. The number of aliphatic hydroxyl groups excluding tert-OH is 1. The Morgan fingerprint density at radius 2 is 1.70 bits per heavy atom. The summed E-state index contributed by atoms with van der Waals surface area (Å²) < 4.78 is 0. The maximum absolute atomic E-state index is 14.6. The molecule has 1 aliphatic rings. The van der Waals surface area contributed by atoms with Crippen molar-refractivity contribution in [3.05, 3.63) is 82.4 Å². The van der Waals surface area contributed by atoms with Crippen LogP contribution in [-0.2, 0) is 32.0 Å². The van der Waals surface area contributed by atoms with Crippen molar-refractivity contribution in [3.8, 4) is 28.7 Å². The number of benzene rings is 3. The van der Waals surface area contributed by atoms with Gasteiger partial charge < -0.3 is 47.2 Å². The maximum atomic E-state index is 14.6. The molecular formula is C42H53N7O8. The lowest BCUT2D eigenvalue weighted by molar-refractivity contribution is -0.143. The molecule has 0 aromatic heterocycles. The number of unbranched alkanes of at least 4 members (excludes halogenated alkanes) is 3. The van der Waals surface area contributed by atoms with Gasteiger partial charge in [0.15, 0.2) is 0 Å². The van der Waals surface area contributed by atoms with Crippen molar-refractivity contribution in [1.29, 1.82) is 5.26 Å². The normalized spacial score (nSPS) is 17.2. The number of aromatic hydroxyl groups is 2. The summed E-state index contributed by atoms with van der Waals surface area (Å²) in [5, 5.41) is 51.7. The van der Waals surface area contributed by atoms with Crippen LogP contribution in [0, 0.1) is 18.3 Å². The van der Waals surface area contributed by atoms with E-state index in [1.54, 1.807) is 6.07 Å². The molecule has 1 heterocycles. The second kappa shape index (κ2) is 20.8. The molecule has 3 aromatic carbocycles. The van der Waals surface area contributed by atoms with Crippen LogP contribution in [0.1, 0.15) is 84.6 Å². The van der Waals surface area contributed by atoms with Crippen LogP contribution < -0.4 is 27.0 Å². The Bertz CT molecular complexity index is 1980. The minimum Gasteiger partial charge on any atom is -0.507 e. The van der Waals surface area contributed by atoms with E-state index in [9.17, 15) is 39.3 Å². The van der Waals surface area contributed by atoms with Crippen molar-refractivity contribution in [1.82, 2.24) is 26.2 Å². The predicted molar refractivity (Wildman–Crippen MR) is 213 cm³/mol. The lowest BCUT2D eigenvalue weighted by atomic mass is 9.93. The summed E-state index contributed by atoms with van der Waals surface area (Å²) in [6.45, 7) is 4.02. The molecule has 9 N–H and O–H groups in total. The van der Waals surface area contributed by atoms with Gasteiger partial charge in [0.2, 0.25) is 23.6 Å². The number of fused-ring (bicyclic) bond motifs is 5. The number of aliphatic hydroxyl groups is 1. The zero-order chi connectivity index (χ0) is 41.6. The smallest absolute Gasteiger partial charge is 0.252 e. The lowest BCUT2D eigenvalue weighted by Gasteiger charge is -2.35. The van der Waals surface area contributed by atoms with Crippen LogP contribution in [0.2, 0.25) is 0 Å². The molecule has 5 amide bonds.